The minimum absolute atomic E-state index is 0.227. The molecule has 0 saturated carbocycles. The van der Waals surface area contributed by atoms with Crippen molar-refractivity contribution in [1.29, 1.82) is 0 Å². The summed E-state index contributed by atoms with van der Waals surface area (Å²) >= 11 is 0. The maximum absolute atomic E-state index is 11.8. The molecule has 0 saturated heterocycles. The number of nitrogens with one attached hydrogen (secondary N) is 1. The molecule has 1 aromatic heterocycles. The summed E-state index contributed by atoms with van der Waals surface area (Å²) in [6, 6.07) is 7.49. The number of hydrogen-bond acceptors (Lipinski definition) is 3. The highest BCUT2D eigenvalue weighted by Crippen LogP contribution is 2.16. The summed E-state index contributed by atoms with van der Waals surface area (Å²) in [4.78, 5) is 11.8. The molecule has 2 rings (SSSR count). The minimum atomic E-state index is -0.250. The molecule has 18 heavy (non-hydrogen) atoms. The fourth-order valence-corrected chi connectivity index (χ4v) is 1.94. The van der Waals surface area contributed by atoms with Gasteiger partial charge in [0.1, 0.15) is 0 Å². The van der Waals surface area contributed by atoms with Crippen LogP contribution in [0.3, 0.4) is 0 Å². The largest absolute Gasteiger partial charge is 0.347 e. The first-order valence-corrected chi connectivity index (χ1v) is 6.13. The van der Waals surface area contributed by atoms with E-state index in [0.717, 1.165) is 24.1 Å². The van der Waals surface area contributed by atoms with Crippen LogP contribution < -0.4 is 11.4 Å². The first-order chi connectivity index (χ1) is 8.63. The van der Waals surface area contributed by atoms with Crippen LogP contribution >= 0.6 is 0 Å². The summed E-state index contributed by atoms with van der Waals surface area (Å²) in [6.07, 6.45) is 1.76. The van der Waals surface area contributed by atoms with Gasteiger partial charge in [-0.3, -0.25) is 0 Å². The fraction of sp³-hybridized carbons (Fsp3) is 0.385. The number of benzene rings is 1. The van der Waals surface area contributed by atoms with Crippen molar-refractivity contribution >= 4 is 0 Å². The molecular formula is C13H18N4O. The molecule has 0 fully saturated rings. The zero-order chi connectivity index (χ0) is 13.1. The van der Waals surface area contributed by atoms with Gasteiger partial charge in [-0.25, -0.2) is 14.5 Å². The van der Waals surface area contributed by atoms with E-state index in [2.05, 4.69) is 17.1 Å². The number of aromatic nitrogens is 3. The molecule has 0 spiro atoms. The van der Waals surface area contributed by atoms with Crippen molar-refractivity contribution in [3.8, 4) is 5.69 Å². The van der Waals surface area contributed by atoms with Crippen LogP contribution in [-0.2, 0) is 0 Å². The summed E-state index contributed by atoms with van der Waals surface area (Å²) in [6.45, 7) is 4.06. The van der Waals surface area contributed by atoms with E-state index >= 15 is 0 Å². The van der Waals surface area contributed by atoms with E-state index in [1.165, 1.54) is 0 Å². The lowest BCUT2D eigenvalue weighted by Crippen LogP contribution is -2.21. The van der Waals surface area contributed by atoms with Gasteiger partial charge in [-0.05, 0) is 25.5 Å². The predicted molar refractivity (Wildman–Crippen MR) is 70.8 cm³/mol. The number of hydrogen-bond donors (Lipinski definition) is 2. The Bertz CT molecular complexity index is 567. The van der Waals surface area contributed by atoms with Crippen molar-refractivity contribution in [3.05, 3.63) is 46.1 Å². The molecule has 0 amide bonds. The first-order valence-electron chi connectivity index (χ1n) is 6.13. The van der Waals surface area contributed by atoms with Crippen molar-refractivity contribution in [3.63, 3.8) is 0 Å². The highest BCUT2D eigenvalue weighted by atomic mass is 16.1. The zero-order valence-corrected chi connectivity index (χ0v) is 10.7. The molecule has 1 heterocycles. The molecule has 0 aliphatic heterocycles. The summed E-state index contributed by atoms with van der Waals surface area (Å²) in [7, 11) is 0. The van der Waals surface area contributed by atoms with Crippen LogP contribution in [-0.4, -0.2) is 14.8 Å². The molecule has 5 heteroatoms. The maximum atomic E-state index is 11.8. The van der Waals surface area contributed by atoms with Crippen molar-refractivity contribution in [2.24, 2.45) is 5.73 Å². The van der Waals surface area contributed by atoms with Gasteiger partial charge in [0.05, 0.1) is 11.7 Å². The SMILES string of the molecule is CCCC(N)c1n[nH]c(=O)n1-c1ccc(C)cc1. The third-order valence-corrected chi connectivity index (χ3v) is 2.92. The molecule has 0 bridgehead atoms. The molecule has 0 aliphatic rings. The third kappa shape index (κ3) is 2.36. The summed E-state index contributed by atoms with van der Waals surface area (Å²) < 4.78 is 1.54. The van der Waals surface area contributed by atoms with Gasteiger partial charge >= 0.3 is 5.69 Å². The molecule has 0 radical (unpaired) electrons. The van der Waals surface area contributed by atoms with Gasteiger partial charge < -0.3 is 5.73 Å². The van der Waals surface area contributed by atoms with Crippen molar-refractivity contribution in [2.45, 2.75) is 32.7 Å². The van der Waals surface area contributed by atoms with Crippen molar-refractivity contribution in [1.82, 2.24) is 14.8 Å². The van der Waals surface area contributed by atoms with Gasteiger partial charge in [0.2, 0.25) is 0 Å². The molecule has 1 atom stereocenters. The lowest BCUT2D eigenvalue weighted by Gasteiger charge is -2.11. The lowest BCUT2D eigenvalue weighted by atomic mass is 10.1. The summed E-state index contributed by atoms with van der Waals surface area (Å²) in [5, 5.41) is 6.50. The molecule has 1 aromatic carbocycles. The molecular weight excluding hydrogens is 228 g/mol. The first kappa shape index (κ1) is 12.6. The molecule has 1 unspecified atom stereocenters. The van der Waals surface area contributed by atoms with E-state index in [0.29, 0.717) is 5.82 Å². The zero-order valence-electron chi connectivity index (χ0n) is 10.7. The lowest BCUT2D eigenvalue weighted by molar-refractivity contribution is 0.589. The Balaban J connectivity index is 2.46. The molecule has 96 valence electrons. The second kappa shape index (κ2) is 5.18. The third-order valence-electron chi connectivity index (χ3n) is 2.92. The maximum Gasteiger partial charge on any atom is 0.347 e. The molecule has 3 N–H and O–H groups in total. The Labute approximate surface area is 106 Å². The Kier molecular flexibility index (Phi) is 3.62. The Morgan fingerprint density at radius 3 is 2.67 bits per heavy atom. The van der Waals surface area contributed by atoms with Crippen LogP contribution in [0.2, 0.25) is 0 Å². The van der Waals surface area contributed by atoms with Crippen LogP contribution in [0.15, 0.2) is 29.1 Å². The van der Waals surface area contributed by atoms with Crippen LogP contribution in [0, 0.1) is 6.92 Å². The van der Waals surface area contributed by atoms with Gasteiger partial charge in [0.25, 0.3) is 0 Å². The highest BCUT2D eigenvalue weighted by molar-refractivity contribution is 5.35. The van der Waals surface area contributed by atoms with Crippen LogP contribution in [0.5, 0.6) is 0 Å². The topological polar surface area (TPSA) is 76.7 Å². The quantitative estimate of drug-likeness (QED) is 0.861. The summed E-state index contributed by atoms with van der Waals surface area (Å²) in [5.74, 6) is 0.589. The van der Waals surface area contributed by atoms with E-state index in [9.17, 15) is 4.79 Å². The number of H-pyrrole nitrogens is 1. The van der Waals surface area contributed by atoms with Crippen molar-refractivity contribution in [2.75, 3.05) is 0 Å². The second-order valence-electron chi connectivity index (χ2n) is 4.45. The van der Waals surface area contributed by atoms with E-state index in [1.54, 1.807) is 4.57 Å². The monoisotopic (exact) mass is 246 g/mol. The smallest absolute Gasteiger partial charge is 0.321 e. The van der Waals surface area contributed by atoms with E-state index in [4.69, 9.17) is 5.73 Å². The number of aryl methyl sites for hydroxylation is 1. The van der Waals surface area contributed by atoms with Crippen LogP contribution in [0.1, 0.15) is 37.2 Å². The number of rotatable bonds is 4. The number of nitrogens with zero attached hydrogens (tertiary/aromatic N) is 2. The Hall–Kier alpha value is -1.88. The molecule has 0 aliphatic carbocycles. The van der Waals surface area contributed by atoms with E-state index < -0.39 is 0 Å². The average molecular weight is 246 g/mol. The van der Waals surface area contributed by atoms with Gasteiger partial charge in [-0.2, -0.15) is 5.10 Å². The van der Waals surface area contributed by atoms with Crippen molar-refractivity contribution < 1.29 is 0 Å². The number of nitrogens with two attached hydrogens (primary N) is 1. The Morgan fingerprint density at radius 1 is 1.39 bits per heavy atom. The number of aromatic amines is 1. The van der Waals surface area contributed by atoms with E-state index in [-0.39, 0.29) is 11.7 Å². The standard InChI is InChI=1S/C13H18N4O/c1-3-4-11(14)12-15-16-13(18)17(12)10-7-5-9(2)6-8-10/h5-8,11H,3-4,14H2,1-2H3,(H,16,18). The normalized spacial score (nSPS) is 12.6. The fourth-order valence-electron chi connectivity index (χ4n) is 1.94. The van der Waals surface area contributed by atoms with Gasteiger partial charge in [-0.15, -0.1) is 0 Å². The van der Waals surface area contributed by atoms with Crippen LogP contribution in [0.4, 0.5) is 0 Å². The second-order valence-corrected chi connectivity index (χ2v) is 4.45. The van der Waals surface area contributed by atoms with E-state index in [1.807, 2.05) is 31.2 Å². The predicted octanol–water partition coefficient (Wildman–Crippen LogP) is 1.67. The van der Waals surface area contributed by atoms with Crippen LogP contribution in [0.25, 0.3) is 5.69 Å². The van der Waals surface area contributed by atoms with Gasteiger partial charge in [0, 0.05) is 0 Å². The average Bonchev–Trinajstić information content (AvgIpc) is 2.73. The van der Waals surface area contributed by atoms with Gasteiger partial charge in [-0.1, -0.05) is 31.0 Å². The Morgan fingerprint density at radius 2 is 2.06 bits per heavy atom. The molecule has 2 aromatic rings. The highest BCUT2D eigenvalue weighted by Gasteiger charge is 2.16. The summed E-state index contributed by atoms with van der Waals surface area (Å²) in [5.41, 5.74) is 7.74. The van der Waals surface area contributed by atoms with Gasteiger partial charge in [0.15, 0.2) is 5.82 Å². The molecule has 5 nitrogen and oxygen atoms in total. The minimum Gasteiger partial charge on any atom is -0.321 e.